The van der Waals surface area contributed by atoms with E-state index < -0.39 is 0 Å². The summed E-state index contributed by atoms with van der Waals surface area (Å²) in [6.45, 7) is 2.75. The lowest BCUT2D eigenvalue weighted by Crippen LogP contribution is -1.94. The summed E-state index contributed by atoms with van der Waals surface area (Å²) in [5.74, 6) is 5.91. The summed E-state index contributed by atoms with van der Waals surface area (Å²) in [4.78, 5) is 9.87. The number of ether oxygens (including phenoxy) is 1. The second kappa shape index (κ2) is 12.2. The second-order valence-corrected chi connectivity index (χ2v) is 3.20. The molecule has 0 aliphatic carbocycles. The van der Waals surface area contributed by atoms with Crippen molar-refractivity contribution >= 4 is 6.29 Å². The molecule has 0 spiro atoms. The fourth-order valence-electron chi connectivity index (χ4n) is 1.11. The Bertz CT molecular complexity index is 176. The van der Waals surface area contributed by atoms with E-state index in [-0.39, 0.29) is 6.61 Å². The van der Waals surface area contributed by atoms with Crippen LogP contribution in [0.5, 0.6) is 0 Å². The molecule has 0 saturated heterocycles. The van der Waals surface area contributed by atoms with Gasteiger partial charge in [0.25, 0.3) is 0 Å². The normalized spacial score (nSPS) is 9.21. The summed E-state index contributed by atoms with van der Waals surface area (Å²) in [7, 11) is 0. The lowest BCUT2D eigenvalue weighted by atomic mass is 10.1. The summed E-state index contributed by atoms with van der Waals surface area (Å²) < 4.78 is 4.89. The zero-order valence-electron chi connectivity index (χ0n) is 9.05. The molecule has 0 rings (SSSR count). The van der Waals surface area contributed by atoms with E-state index in [1.54, 1.807) is 0 Å². The third kappa shape index (κ3) is 11.2. The molecule has 14 heavy (non-hydrogen) atoms. The van der Waals surface area contributed by atoms with Crippen LogP contribution in [0.25, 0.3) is 0 Å². The van der Waals surface area contributed by atoms with Gasteiger partial charge in [-0.1, -0.05) is 38.5 Å². The molecule has 0 aliphatic heterocycles. The minimum atomic E-state index is 0.158. The molecule has 0 fully saturated rings. The van der Waals surface area contributed by atoms with E-state index in [4.69, 9.17) is 4.74 Å². The first-order valence-electron chi connectivity index (χ1n) is 5.39. The quantitative estimate of drug-likeness (QED) is 0.339. The van der Waals surface area contributed by atoms with Crippen molar-refractivity contribution in [1.82, 2.24) is 0 Å². The average Bonchev–Trinajstić information content (AvgIpc) is 2.21. The third-order valence-electron chi connectivity index (χ3n) is 1.89. The van der Waals surface area contributed by atoms with Crippen LogP contribution in [-0.4, -0.2) is 19.5 Å². The van der Waals surface area contributed by atoms with Crippen LogP contribution >= 0.6 is 0 Å². The largest absolute Gasteiger partial charge is 0.361 e. The van der Waals surface area contributed by atoms with Crippen LogP contribution < -0.4 is 0 Å². The fraction of sp³-hybridized carbons (Fsp3) is 0.750. The van der Waals surface area contributed by atoms with Gasteiger partial charge >= 0.3 is 0 Å². The molecule has 0 saturated carbocycles. The van der Waals surface area contributed by atoms with Crippen molar-refractivity contribution in [1.29, 1.82) is 0 Å². The third-order valence-corrected chi connectivity index (χ3v) is 1.89. The Balaban J connectivity index is 3.05. The minimum Gasteiger partial charge on any atom is -0.361 e. The van der Waals surface area contributed by atoms with Crippen LogP contribution in [-0.2, 0) is 9.53 Å². The van der Waals surface area contributed by atoms with Gasteiger partial charge in [0.2, 0.25) is 0 Å². The van der Waals surface area contributed by atoms with Crippen molar-refractivity contribution in [2.75, 3.05) is 13.2 Å². The molecule has 0 heterocycles. The van der Waals surface area contributed by atoms with Gasteiger partial charge in [0.15, 0.2) is 0 Å². The highest BCUT2D eigenvalue weighted by molar-refractivity contribution is 5.50. The molecule has 0 bridgehead atoms. The maximum absolute atomic E-state index is 9.87. The molecular formula is C12H20O2. The van der Waals surface area contributed by atoms with E-state index in [9.17, 15) is 4.79 Å². The van der Waals surface area contributed by atoms with E-state index in [2.05, 4.69) is 18.8 Å². The number of hydrogen-bond acceptors (Lipinski definition) is 2. The molecule has 0 aromatic rings. The molecule has 80 valence electrons. The Morgan fingerprint density at radius 3 is 2.64 bits per heavy atom. The summed E-state index contributed by atoms with van der Waals surface area (Å²) in [6.07, 6.45) is 8.08. The molecule has 0 aromatic heterocycles. The van der Waals surface area contributed by atoms with Gasteiger partial charge in [-0.15, -0.1) is 5.92 Å². The van der Waals surface area contributed by atoms with Gasteiger partial charge < -0.3 is 9.53 Å². The fourth-order valence-corrected chi connectivity index (χ4v) is 1.11. The van der Waals surface area contributed by atoms with Crippen LogP contribution in [0.1, 0.15) is 45.4 Å². The number of rotatable bonds is 8. The Morgan fingerprint density at radius 1 is 1.14 bits per heavy atom. The highest BCUT2D eigenvalue weighted by Crippen LogP contribution is 2.03. The predicted molar refractivity (Wildman–Crippen MR) is 58.0 cm³/mol. The number of carbonyl (C=O) groups excluding carboxylic acids is 1. The van der Waals surface area contributed by atoms with Gasteiger partial charge in [-0.25, -0.2) is 0 Å². The first-order chi connectivity index (χ1) is 6.91. The highest BCUT2D eigenvalue weighted by Gasteiger charge is 1.85. The van der Waals surface area contributed by atoms with Crippen molar-refractivity contribution < 1.29 is 9.53 Å². The SMILES string of the molecule is CCCCCCCC#CCOCC=O. The maximum Gasteiger partial charge on any atom is 0.145 e. The minimum absolute atomic E-state index is 0.158. The molecule has 0 aliphatic rings. The van der Waals surface area contributed by atoms with Crippen LogP contribution in [0, 0.1) is 11.8 Å². The maximum atomic E-state index is 9.87. The Hall–Kier alpha value is -0.810. The summed E-state index contributed by atoms with van der Waals surface area (Å²) in [5, 5.41) is 0. The molecule has 0 aromatic carbocycles. The van der Waals surface area contributed by atoms with Gasteiger partial charge in [-0.05, 0) is 6.42 Å². The van der Waals surface area contributed by atoms with Crippen molar-refractivity contribution in [3.05, 3.63) is 0 Å². The zero-order chi connectivity index (χ0) is 10.5. The molecule has 0 atom stereocenters. The first kappa shape index (κ1) is 13.2. The molecule has 0 amide bonds. The molecule has 0 unspecified atom stereocenters. The first-order valence-corrected chi connectivity index (χ1v) is 5.39. The number of aldehydes is 1. The van der Waals surface area contributed by atoms with Gasteiger partial charge in [0.1, 0.15) is 19.5 Å². The van der Waals surface area contributed by atoms with Crippen molar-refractivity contribution in [2.24, 2.45) is 0 Å². The molecule has 0 N–H and O–H groups in total. The standard InChI is InChI=1S/C12H20O2/c1-2-3-4-5-6-7-8-9-11-14-12-10-13/h10H,2-7,11-12H2,1H3. The van der Waals surface area contributed by atoms with E-state index >= 15 is 0 Å². The van der Waals surface area contributed by atoms with Gasteiger partial charge in [0, 0.05) is 6.42 Å². The zero-order valence-corrected chi connectivity index (χ0v) is 9.05. The molecule has 2 nitrogen and oxygen atoms in total. The van der Waals surface area contributed by atoms with Crippen molar-refractivity contribution in [3.63, 3.8) is 0 Å². The van der Waals surface area contributed by atoms with Crippen LogP contribution in [0.4, 0.5) is 0 Å². The number of hydrogen-bond donors (Lipinski definition) is 0. The van der Waals surface area contributed by atoms with E-state index in [0.29, 0.717) is 6.61 Å². The Morgan fingerprint density at radius 2 is 1.93 bits per heavy atom. The Kier molecular flexibility index (Phi) is 11.5. The highest BCUT2D eigenvalue weighted by atomic mass is 16.5. The summed E-state index contributed by atoms with van der Waals surface area (Å²) >= 11 is 0. The summed E-state index contributed by atoms with van der Waals surface area (Å²) in [5.41, 5.74) is 0. The van der Waals surface area contributed by atoms with E-state index in [0.717, 1.165) is 12.7 Å². The van der Waals surface area contributed by atoms with E-state index in [1.165, 1.54) is 32.1 Å². The molecule has 0 radical (unpaired) electrons. The predicted octanol–water partition coefficient (Wildman–Crippen LogP) is 2.57. The second-order valence-electron chi connectivity index (χ2n) is 3.20. The lowest BCUT2D eigenvalue weighted by Gasteiger charge is -1.94. The summed E-state index contributed by atoms with van der Waals surface area (Å²) in [6, 6.07) is 0. The Labute approximate surface area is 87.0 Å². The number of carbonyl (C=O) groups is 1. The van der Waals surface area contributed by atoms with E-state index in [1.807, 2.05) is 0 Å². The van der Waals surface area contributed by atoms with Crippen LogP contribution in [0.15, 0.2) is 0 Å². The van der Waals surface area contributed by atoms with Gasteiger partial charge in [-0.2, -0.15) is 0 Å². The molecular weight excluding hydrogens is 176 g/mol. The van der Waals surface area contributed by atoms with Gasteiger partial charge in [-0.3, -0.25) is 0 Å². The topological polar surface area (TPSA) is 26.3 Å². The smallest absolute Gasteiger partial charge is 0.145 e. The lowest BCUT2D eigenvalue weighted by molar-refractivity contribution is -0.111. The average molecular weight is 196 g/mol. The van der Waals surface area contributed by atoms with Crippen LogP contribution in [0.3, 0.4) is 0 Å². The van der Waals surface area contributed by atoms with Crippen molar-refractivity contribution in [3.8, 4) is 11.8 Å². The monoisotopic (exact) mass is 196 g/mol. The number of unbranched alkanes of at least 4 members (excludes halogenated alkanes) is 5. The molecule has 2 heteroatoms. The van der Waals surface area contributed by atoms with Crippen LogP contribution in [0.2, 0.25) is 0 Å². The van der Waals surface area contributed by atoms with Crippen molar-refractivity contribution in [2.45, 2.75) is 45.4 Å². The van der Waals surface area contributed by atoms with Gasteiger partial charge in [0.05, 0.1) is 0 Å².